The standard InChI is InChI=1S/C15H14N2O3S/c18-15(12-8-9-13(21-12)17(19)20)16-14(11-6-7-11)10-4-2-1-3-5-10/h1-5,8-9,11,14H,6-7H2,(H,16,18). The zero-order valence-corrected chi connectivity index (χ0v) is 12.0. The first-order chi connectivity index (χ1) is 10.1. The molecule has 6 heteroatoms. The Balaban J connectivity index is 1.76. The molecule has 108 valence electrons. The molecule has 5 nitrogen and oxygen atoms in total. The molecule has 1 heterocycles. The molecule has 0 saturated heterocycles. The van der Waals surface area contributed by atoms with Gasteiger partial charge in [-0.3, -0.25) is 14.9 Å². The molecule has 0 aliphatic heterocycles. The number of rotatable bonds is 5. The van der Waals surface area contributed by atoms with Gasteiger partial charge in [0.1, 0.15) is 0 Å². The quantitative estimate of drug-likeness (QED) is 0.678. The molecule has 1 aliphatic rings. The third-order valence-corrected chi connectivity index (χ3v) is 4.57. The summed E-state index contributed by atoms with van der Waals surface area (Å²) in [6, 6.07) is 12.7. The number of nitro groups is 1. The predicted molar refractivity (Wildman–Crippen MR) is 80.3 cm³/mol. The maximum Gasteiger partial charge on any atom is 0.324 e. The lowest BCUT2D eigenvalue weighted by molar-refractivity contribution is -0.380. The summed E-state index contributed by atoms with van der Waals surface area (Å²) in [5.41, 5.74) is 1.08. The molecule has 2 aromatic rings. The van der Waals surface area contributed by atoms with E-state index in [1.54, 1.807) is 0 Å². The molecule has 1 N–H and O–H groups in total. The molecule has 1 saturated carbocycles. The van der Waals surface area contributed by atoms with Crippen molar-refractivity contribution in [3.63, 3.8) is 0 Å². The minimum atomic E-state index is -0.475. The first-order valence-corrected chi connectivity index (χ1v) is 7.57. The highest BCUT2D eigenvalue weighted by atomic mass is 32.1. The number of nitrogens with one attached hydrogen (secondary N) is 1. The summed E-state index contributed by atoms with van der Waals surface area (Å²) >= 11 is 0.907. The number of hydrogen-bond acceptors (Lipinski definition) is 4. The molecule has 1 aromatic carbocycles. The summed E-state index contributed by atoms with van der Waals surface area (Å²) in [4.78, 5) is 22.9. The van der Waals surface area contributed by atoms with Gasteiger partial charge in [-0.15, -0.1) is 0 Å². The molecule has 3 rings (SSSR count). The van der Waals surface area contributed by atoms with Crippen molar-refractivity contribution >= 4 is 22.2 Å². The Bertz CT molecular complexity index is 665. The Hall–Kier alpha value is -2.21. The number of amides is 1. The van der Waals surface area contributed by atoms with E-state index in [2.05, 4.69) is 5.32 Å². The summed E-state index contributed by atoms with van der Waals surface area (Å²) in [7, 11) is 0. The van der Waals surface area contributed by atoms with E-state index in [4.69, 9.17) is 0 Å². The normalized spacial score (nSPS) is 15.4. The number of thiophene rings is 1. The van der Waals surface area contributed by atoms with E-state index in [1.165, 1.54) is 12.1 Å². The lowest BCUT2D eigenvalue weighted by Gasteiger charge is -2.18. The molecular weight excluding hydrogens is 288 g/mol. The highest BCUT2D eigenvalue weighted by Gasteiger charge is 2.33. The zero-order chi connectivity index (χ0) is 14.8. The van der Waals surface area contributed by atoms with Crippen LogP contribution in [0.1, 0.15) is 34.1 Å². The van der Waals surface area contributed by atoms with Crippen LogP contribution in [0.15, 0.2) is 42.5 Å². The van der Waals surface area contributed by atoms with Gasteiger partial charge in [0.15, 0.2) is 0 Å². The van der Waals surface area contributed by atoms with Crippen molar-refractivity contribution in [3.05, 3.63) is 63.0 Å². The van der Waals surface area contributed by atoms with Crippen molar-refractivity contribution in [2.75, 3.05) is 0 Å². The summed E-state index contributed by atoms with van der Waals surface area (Å²) in [5, 5.41) is 13.7. The Kier molecular flexibility index (Phi) is 3.70. The molecule has 1 amide bonds. The van der Waals surface area contributed by atoms with Crippen molar-refractivity contribution in [3.8, 4) is 0 Å². The van der Waals surface area contributed by atoms with Crippen LogP contribution in [0.2, 0.25) is 0 Å². The van der Waals surface area contributed by atoms with Gasteiger partial charge in [-0.25, -0.2) is 0 Å². The molecule has 1 atom stereocenters. The number of benzene rings is 1. The first kappa shape index (κ1) is 13.8. The maximum absolute atomic E-state index is 12.3. The van der Waals surface area contributed by atoms with Crippen molar-refractivity contribution < 1.29 is 9.72 Å². The first-order valence-electron chi connectivity index (χ1n) is 6.75. The molecule has 0 spiro atoms. The summed E-state index contributed by atoms with van der Waals surface area (Å²) < 4.78 is 0. The van der Waals surface area contributed by atoms with E-state index in [1.807, 2.05) is 30.3 Å². The monoisotopic (exact) mass is 302 g/mol. The number of carbonyl (C=O) groups is 1. The lowest BCUT2D eigenvalue weighted by Crippen LogP contribution is -2.29. The van der Waals surface area contributed by atoms with Crippen LogP contribution in [0.3, 0.4) is 0 Å². The summed E-state index contributed by atoms with van der Waals surface area (Å²) in [6.45, 7) is 0. The topological polar surface area (TPSA) is 72.2 Å². The average molecular weight is 302 g/mol. The smallest absolute Gasteiger partial charge is 0.324 e. The second kappa shape index (κ2) is 5.65. The Labute approximate surface area is 125 Å². The lowest BCUT2D eigenvalue weighted by atomic mass is 10.0. The van der Waals surface area contributed by atoms with Crippen molar-refractivity contribution in [1.82, 2.24) is 5.32 Å². The van der Waals surface area contributed by atoms with Crippen molar-refractivity contribution in [1.29, 1.82) is 0 Å². The number of carbonyl (C=O) groups excluding carboxylic acids is 1. The van der Waals surface area contributed by atoms with Gasteiger partial charge in [0.05, 0.1) is 15.8 Å². The van der Waals surface area contributed by atoms with Gasteiger partial charge in [-0.05, 0) is 30.4 Å². The Morgan fingerprint density at radius 2 is 1.95 bits per heavy atom. The van der Waals surface area contributed by atoms with Crippen LogP contribution in [-0.2, 0) is 0 Å². The van der Waals surface area contributed by atoms with Crippen LogP contribution in [0, 0.1) is 16.0 Å². The average Bonchev–Trinajstić information content (AvgIpc) is 3.20. The van der Waals surface area contributed by atoms with Crippen LogP contribution < -0.4 is 5.32 Å². The van der Waals surface area contributed by atoms with Crippen LogP contribution in [0.4, 0.5) is 5.00 Å². The SMILES string of the molecule is O=C(NC(c1ccccc1)C1CC1)c1ccc([N+](=O)[O-])s1. The molecule has 0 bridgehead atoms. The minimum Gasteiger partial charge on any atom is -0.344 e. The molecule has 1 aromatic heterocycles. The van der Waals surface area contributed by atoms with E-state index in [9.17, 15) is 14.9 Å². The van der Waals surface area contributed by atoms with Crippen molar-refractivity contribution in [2.45, 2.75) is 18.9 Å². The highest BCUT2D eigenvalue weighted by Crippen LogP contribution is 2.41. The molecule has 21 heavy (non-hydrogen) atoms. The van der Waals surface area contributed by atoms with Gasteiger partial charge in [0.25, 0.3) is 5.91 Å². The number of nitrogens with zero attached hydrogens (tertiary/aromatic N) is 1. The Morgan fingerprint density at radius 3 is 2.52 bits per heavy atom. The van der Waals surface area contributed by atoms with Crippen LogP contribution >= 0.6 is 11.3 Å². The molecule has 1 unspecified atom stereocenters. The van der Waals surface area contributed by atoms with Gasteiger partial charge in [-0.2, -0.15) is 0 Å². The fraction of sp³-hybridized carbons (Fsp3) is 0.267. The van der Waals surface area contributed by atoms with Crippen molar-refractivity contribution in [2.24, 2.45) is 5.92 Å². The van der Waals surface area contributed by atoms with E-state index < -0.39 is 4.92 Å². The van der Waals surface area contributed by atoms with Gasteiger partial charge in [0.2, 0.25) is 0 Å². The van der Waals surface area contributed by atoms with Crippen LogP contribution in [-0.4, -0.2) is 10.8 Å². The second-order valence-corrected chi connectivity index (χ2v) is 6.16. The van der Waals surface area contributed by atoms with Crippen LogP contribution in [0.5, 0.6) is 0 Å². The number of hydrogen-bond donors (Lipinski definition) is 1. The molecule has 0 radical (unpaired) electrons. The van der Waals surface area contributed by atoms with E-state index in [0.717, 1.165) is 29.7 Å². The highest BCUT2D eigenvalue weighted by molar-refractivity contribution is 7.17. The largest absolute Gasteiger partial charge is 0.344 e. The second-order valence-electron chi connectivity index (χ2n) is 5.09. The fourth-order valence-electron chi connectivity index (χ4n) is 2.32. The third-order valence-electron chi connectivity index (χ3n) is 3.53. The van der Waals surface area contributed by atoms with Gasteiger partial charge < -0.3 is 5.32 Å². The van der Waals surface area contributed by atoms with E-state index in [-0.39, 0.29) is 17.0 Å². The zero-order valence-electron chi connectivity index (χ0n) is 11.2. The molecular formula is C15H14N2O3S. The maximum atomic E-state index is 12.3. The van der Waals surface area contributed by atoms with Gasteiger partial charge in [-0.1, -0.05) is 41.7 Å². The van der Waals surface area contributed by atoms with Gasteiger partial charge in [0, 0.05) is 6.07 Å². The predicted octanol–water partition coefficient (Wildman–Crippen LogP) is 3.54. The van der Waals surface area contributed by atoms with E-state index >= 15 is 0 Å². The summed E-state index contributed by atoms with van der Waals surface area (Å²) in [6.07, 6.45) is 2.20. The minimum absolute atomic E-state index is 0.0113. The molecule has 1 aliphatic carbocycles. The van der Waals surface area contributed by atoms with E-state index in [0.29, 0.717) is 10.8 Å². The fourth-order valence-corrected chi connectivity index (χ4v) is 3.05. The molecule has 1 fully saturated rings. The third kappa shape index (κ3) is 3.11. The summed E-state index contributed by atoms with van der Waals surface area (Å²) in [5.74, 6) is 0.222. The Morgan fingerprint density at radius 1 is 1.24 bits per heavy atom. The van der Waals surface area contributed by atoms with Gasteiger partial charge >= 0.3 is 5.00 Å². The van der Waals surface area contributed by atoms with Crippen LogP contribution in [0.25, 0.3) is 0 Å².